The summed E-state index contributed by atoms with van der Waals surface area (Å²) in [6, 6.07) is -0.129. The van der Waals surface area contributed by atoms with Gasteiger partial charge in [-0.3, -0.25) is 4.79 Å². The van der Waals surface area contributed by atoms with Gasteiger partial charge in [-0.25, -0.2) is 4.79 Å². The predicted molar refractivity (Wildman–Crippen MR) is 85.6 cm³/mol. The Hall–Kier alpha value is -1.38. The molecule has 2 aliphatic rings. The maximum atomic E-state index is 13.1. The van der Waals surface area contributed by atoms with E-state index in [0.717, 1.165) is 0 Å². The molecular formula is C15H25FN2O5S. The van der Waals surface area contributed by atoms with E-state index in [0.29, 0.717) is 25.7 Å². The standard InChI is InChI=1S/C15H25FN2O5S/c1-15(2,3)23-14(20)17-10-4-6-11(7-5-10)18-9-12(8-13(18)19)24(16,21)22/h10-12H,4-9H2,1-3H3,(H,17,20). The van der Waals surface area contributed by atoms with E-state index in [1.165, 1.54) is 4.90 Å². The molecule has 24 heavy (non-hydrogen) atoms. The second-order valence-corrected chi connectivity index (χ2v) is 9.12. The van der Waals surface area contributed by atoms with Crippen LogP contribution in [0.25, 0.3) is 0 Å². The van der Waals surface area contributed by atoms with Crippen LogP contribution in [0.2, 0.25) is 0 Å². The van der Waals surface area contributed by atoms with Gasteiger partial charge in [-0.05, 0) is 46.5 Å². The number of ether oxygens (including phenoxy) is 1. The number of carbonyl (C=O) groups is 2. The molecule has 0 radical (unpaired) electrons. The second kappa shape index (κ2) is 6.85. The zero-order valence-corrected chi connectivity index (χ0v) is 15.1. The van der Waals surface area contributed by atoms with Crippen molar-refractivity contribution in [1.29, 1.82) is 0 Å². The molecule has 1 aliphatic carbocycles. The summed E-state index contributed by atoms with van der Waals surface area (Å²) in [5, 5.41) is 1.56. The van der Waals surface area contributed by atoms with Crippen molar-refractivity contribution in [1.82, 2.24) is 10.2 Å². The maximum Gasteiger partial charge on any atom is 0.407 e. The van der Waals surface area contributed by atoms with E-state index < -0.39 is 27.2 Å². The fourth-order valence-electron chi connectivity index (χ4n) is 3.25. The van der Waals surface area contributed by atoms with E-state index in [1.807, 2.05) is 0 Å². The third kappa shape index (κ3) is 5.06. The summed E-state index contributed by atoms with van der Waals surface area (Å²) in [4.78, 5) is 25.2. The predicted octanol–water partition coefficient (Wildman–Crippen LogP) is 1.72. The molecule has 0 bridgehead atoms. The van der Waals surface area contributed by atoms with Crippen molar-refractivity contribution in [2.75, 3.05) is 6.54 Å². The van der Waals surface area contributed by atoms with Gasteiger partial charge in [0.05, 0.1) is 0 Å². The van der Waals surface area contributed by atoms with Crippen LogP contribution in [0.4, 0.5) is 8.68 Å². The molecule has 2 fully saturated rings. The van der Waals surface area contributed by atoms with Gasteiger partial charge in [0.25, 0.3) is 0 Å². The molecule has 7 nitrogen and oxygen atoms in total. The van der Waals surface area contributed by atoms with Crippen LogP contribution >= 0.6 is 0 Å². The zero-order chi connectivity index (χ0) is 18.1. The SMILES string of the molecule is CC(C)(C)OC(=O)NC1CCC(N2CC(S(=O)(=O)F)CC2=O)CC1. The van der Waals surface area contributed by atoms with Crippen molar-refractivity contribution < 1.29 is 26.6 Å². The highest BCUT2D eigenvalue weighted by Crippen LogP contribution is 2.29. The average molecular weight is 364 g/mol. The summed E-state index contributed by atoms with van der Waals surface area (Å²) in [7, 11) is -4.69. The van der Waals surface area contributed by atoms with Crippen molar-refractivity contribution in [3.8, 4) is 0 Å². The number of nitrogens with one attached hydrogen (secondary N) is 1. The molecule has 2 rings (SSSR count). The van der Waals surface area contributed by atoms with Crippen LogP contribution in [-0.4, -0.2) is 54.8 Å². The normalized spacial score (nSPS) is 28.8. The molecule has 0 aromatic heterocycles. The van der Waals surface area contributed by atoms with Gasteiger partial charge in [-0.2, -0.15) is 8.42 Å². The lowest BCUT2D eigenvalue weighted by molar-refractivity contribution is -0.130. The van der Waals surface area contributed by atoms with Gasteiger partial charge in [0.1, 0.15) is 10.9 Å². The van der Waals surface area contributed by atoms with Crippen LogP contribution in [0, 0.1) is 0 Å². The topological polar surface area (TPSA) is 92.8 Å². The van der Waals surface area contributed by atoms with Crippen LogP contribution in [-0.2, 0) is 19.8 Å². The third-order valence-corrected chi connectivity index (χ3v) is 5.49. The number of carbonyl (C=O) groups excluding carboxylic acids is 2. The summed E-state index contributed by atoms with van der Waals surface area (Å²) >= 11 is 0. The second-order valence-electron chi connectivity index (χ2n) is 7.50. The maximum absolute atomic E-state index is 13.1. The Balaban J connectivity index is 1.83. The highest BCUT2D eigenvalue weighted by atomic mass is 32.3. The number of halogens is 1. The van der Waals surface area contributed by atoms with Gasteiger partial charge < -0.3 is 15.0 Å². The molecule has 1 N–H and O–H groups in total. The van der Waals surface area contributed by atoms with Gasteiger partial charge in [0, 0.05) is 25.0 Å². The molecular weight excluding hydrogens is 339 g/mol. The minimum absolute atomic E-state index is 0.0329. The monoisotopic (exact) mass is 364 g/mol. The van der Waals surface area contributed by atoms with Crippen molar-refractivity contribution >= 4 is 22.2 Å². The number of rotatable bonds is 3. The van der Waals surface area contributed by atoms with E-state index in [1.54, 1.807) is 20.8 Å². The minimum atomic E-state index is -4.69. The molecule has 1 unspecified atom stereocenters. The Morgan fingerprint density at radius 2 is 1.83 bits per heavy atom. The largest absolute Gasteiger partial charge is 0.444 e. The lowest BCUT2D eigenvalue weighted by Gasteiger charge is -2.35. The van der Waals surface area contributed by atoms with Crippen molar-refractivity contribution in [2.45, 2.75) is 75.8 Å². The van der Waals surface area contributed by atoms with Crippen molar-refractivity contribution in [3.63, 3.8) is 0 Å². The van der Waals surface area contributed by atoms with Gasteiger partial charge in [-0.1, -0.05) is 0 Å². The van der Waals surface area contributed by atoms with Crippen LogP contribution in [0.3, 0.4) is 0 Å². The smallest absolute Gasteiger partial charge is 0.407 e. The lowest BCUT2D eigenvalue weighted by Crippen LogP contribution is -2.45. The molecule has 1 heterocycles. The van der Waals surface area contributed by atoms with Crippen LogP contribution in [0.1, 0.15) is 52.9 Å². The first-order chi connectivity index (χ1) is 11.0. The molecule has 1 saturated carbocycles. The number of nitrogens with zero attached hydrogens (tertiary/aromatic N) is 1. The first-order valence-corrected chi connectivity index (χ1v) is 9.63. The molecule has 0 aromatic carbocycles. The highest BCUT2D eigenvalue weighted by molar-refractivity contribution is 7.87. The quantitative estimate of drug-likeness (QED) is 0.770. The van der Waals surface area contributed by atoms with Crippen molar-refractivity contribution in [2.24, 2.45) is 0 Å². The Morgan fingerprint density at radius 3 is 2.29 bits per heavy atom. The Bertz CT molecular complexity index is 593. The fourth-order valence-corrected chi connectivity index (χ4v) is 3.93. The van der Waals surface area contributed by atoms with Crippen molar-refractivity contribution in [3.05, 3.63) is 0 Å². The Labute approximate surface area is 142 Å². The van der Waals surface area contributed by atoms with E-state index in [-0.39, 0.29) is 31.0 Å². The lowest BCUT2D eigenvalue weighted by atomic mass is 9.90. The van der Waals surface area contributed by atoms with Gasteiger partial charge in [0.2, 0.25) is 5.91 Å². The van der Waals surface area contributed by atoms with Crippen LogP contribution < -0.4 is 5.32 Å². The molecule has 138 valence electrons. The molecule has 1 aliphatic heterocycles. The molecule has 1 saturated heterocycles. The summed E-state index contributed by atoms with van der Waals surface area (Å²) in [5.41, 5.74) is -0.559. The number of amides is 2. The average Bonchev–Trinajstić information content (AvgIpc) is 2.79. The van der Waals surface area contributed by atoms with Gasteiger partial charge in [0.15, 0.2) is 0 Å². The molecule has 0 spiro atoms. The number of hydrogen-bond donors (Lipinski definition) is 1. The Kier molecular flexibility index (Phi) is 5.41. The summed E-state index contributed by atoms with van der Waals surface area (Å²) in [5.74, 6) is -0.315. The molecule has 2 amide bonds. The van der Waals surface area contributed by atoms with E-state index in [4.69, 9.17) is 4.74 Å². The van der Waals surface area contributed by atoms with Crippen LogP contribution in [0.15, 0.2) is 0 Å². The molecule has 0 aromatic rings. The van der Waals surface area contributed by atoms with Crippen LogP contribution in [0.5, 0.6) is 0 Å². The number of hydrogen-bond acceptors (Lipinski definition) is 5. The zero-order valence-electron chi connectivity index (χ0n) is 14.2. The van der Waals surface area contributed by atoms with E-state index >= 15 is 0 Å². The van der Waals surface area contributed by atoms with Gasteiger partial charge in [-0.15, -0.1) is 3.89 Å². The van der Waals surface area contributed by atoms with E-state index in [2.05, 4.69) is 5.32 Å². The van der Waals surface area contributed by atoms with E-state index in [9.17, 15) is 21.9 Å². The third-order valence-electron chi connectivity index (χ3n) is 4.38. The fraction of sp³-hybridized carbons (Fsp3) is 0.867. The first kappa shape index (κ1) is 19.0. The number of alkyl carbamates (subject to hydrolysis) is 1. The minimum Gasteiger partial charge on any atom is -0.444 e. The first-order valence-electron chi connectivity index (χ1n) is 8.18. The van der Waals surface area contributed by atoms with Gasteiger partial charge >= 0.3 is 16.3 Å². The number of likely N-dealkylation sites (tertiary alicyclic amines) is 1. The summed E-state index contributed by atoms with van der Waals surface area (Å²) in [6.07, 6.45) is 1.87. The highest BCUT2D eigenvalue weighted by Gasteiger charge is 2.42. The molecule has 9 heteroatoms. The summed E-state index contributed by atoms with van der Waals surface area (Å²) < 4.78 is 40.3. The Morgan fingerprint density at radius 1 is 1.25 bits per heavy atom. The molecule has 1 atom stereocenters. The summed E-state index contributed by atoms with van der Waals surface area (Å²) in [6.45, 7) is 5.29.